The van der Waals surface area contributed by atoms with Crippen LogP contribution in [-0.2, 0) is 21.4 Å². The minimum atomic E-state index is -4.05. The Labute approximate surface area is 183 Å². The highest BCUT2D eigenvalue weighted by atomic mass is 35.5. The van der Waals surface area contributed by atoms with Crippen LogP contribution in [0.4, 0.5) is 11.4 Å². The Bertz CT molecular complexity index is 1190. The fraction of sp³-hybridized carbons (Fsp3) is 0.100. The molecule has 3 rings (SSSR count). The molecule has 0 atom stereocenters. The number of nitrogens with zero attached hydrogens (tertiary/aromatic N) is 3. The number of carbonyl (C=O) groups is 1. The number of benzene rings is 2. The molecule has 11 heteroatoms. The fourth-order valence-corrected chi connectivity index (χ4v) is 4.20. The number of nitro benzene ring substituents is 1. The zero-order valence-corrected chi connectivity index (χ0v) is 17.6. The molecule has 2 aromatic carbocycles. The normalized spacial score (nSPS) is 11.3. The number of pyridine rings is 1. The largest absolute Gasteiger partial charge is 0.325 e. The Kier molecular flexibility index (Phi) is 6.95. The van der Waals surface area contributed by atoms with E-state index in [1.807, 2.05) is 0 Å². The van der Waals surface area contributed by atoms with E-state index in [4.69, 9.17) is 11.6 Å². The van der Waals surface area contributed by atoms with Gasteiger partial charge in [-0.25, -0.2) is 8.42 Å². The van der Waals surface area contributed by atoms with Gasteiger partial charge in [-0.2, -0.15) is 4.31 Å². The van der Waals surface area contributed by atoms with Crippen LogP contribution in [0.25, 0.3) is 0 Å². The first-order valence-corrected chi connectivity index (χ1v) is 10.8. The molecule has 1 amide bonds. The van der Waals surface area contributed by atoms with Crippen molar-refractivity contribution in [2.75, 3.05) is 11.9 Å². The van der Waals surface area contributed by atoms with E-state index in [1.54, 1.807) is 24.3 Å². The molecule has 160 valence electrons. The molecule has 0 unspecified atom stereocenters. The van der Waals surface area contributed by atoms with E-state index < -0.39 is 27.4 Å². The molecule has 1 N–H and O–H groups in total. The van der Waals surface area contributed by atoms with Crippen molar-refractivity contribution >= 4 is 38.9 Å². The Morgan fingerprint density at radius 1 is 1.13 bits per heavy atom. The van der Waals surface area contributed by atoms with Gasteiger partial charge in [-0.05, 0) is 35.9 Å². The van der Waals surface area contributed by atoms with Gasteiger partial charge in [0, 0.05) is 41.8 Å². The van der Waals surface area contributed by atoms with Gasteiger partial charge in [0.05, 0.1) is 11.5 Å². The molecule has 0 aliphatic carbocycles. The summed E-state index contributed by atoms with van der Waals surface area (Å²) in [5.41, 5.74) is 0.614. The van der Waals surface area contributed by atoms with Crippen molar-refractivity contribution < 1.29 is 18.1 Å². The van der Waals surface area contributed by atoms with Crippen molar-refractivity contribution in [2.24, 2.45) is 0 Å². The summed E-state index contributed by atoms with van der Waals surface area (Å²) < 4.78 is 27.3. The van der Waals surface area contributed by atoms with Crippen LogP contribution in [0.1, 0.15) is 5.56 Å². The third-order valence-electron chi connectivity index (χ3n) is 4.21. The molecule has 0 bridgehead atoms. The second kappa shape index (κ2) is 9.65. The number of hydrogen-bond donors (Lipinski definition) is 1. The average molecular weight is 461 g/mol. The van der Waals surface area contributed by atoms with Gasteiger partial charge in [-0.3, -0.25) is 19.9 Å². The van der Waals surface area contributed by atoms with Crippen LogP contribution in [0.3, 0.4) is 0 Å². The first-order chi connectivity index (χ1) is 14.8. The number of nitrogens with one attached hydrogen (secondary N) is 1. The quantitative estimate of drug-likeness (QED) is 0.405. The third kappa shape index (κ3) is 5.85. The maximum atomic E-state index is 13.1. The number of non-ortho nitro benzene ring substituents is 1. The molecule has 3 aromatic rings. The summed E-state index contributed by atoms with van der Waals surface area (Å²) in [5, 5.41) is 13.9. The van der Waals surface area contributed by atoms with Crippen molar-refractivity contribution in [1.82, 2.24) is 9.29 Å². The van der Waals surface area contributed by atoms with E-state index in [2.05, 4.69) is 10.3 Å². The molecule has 0 fully saturated rings. The van der Waals surface area contributed by atoms with Crippen molar-refractivity contribution in [2.45, 2.75) is 11.4 Å². The molecule has 1 aromatic heterocycles. The molecule has 9 nitrogen and oxygen atoms in total. The van der Waals surface area contributed by atoms with Crippen LogP contribution in [0.2, 0.25) is 5.02 Å². The van der Waals surface area contributed by atoms with Crippen molar-refractivity contribution in [3.8, 4) is 0 Å². The SMILES string of the molecule is O=C(CN(Cc1ccc(Cl)cc1)S(=O)(=O)c1cccnc1)Nc1cccc([N+](=O)[O-])c1. The summed E-state index contributed by atoms with van der Waals surface area (Å²) >= 11 is 5.89. The lowest BCUT2D eigenvalue weighted by Gasteiger charge is -2.22. The molecule has 0 saturated carbocycles. The highest BCUT2D eigenvalue weighted by Gasteiger charge is 2.27. The molecule has 1 heterocycles. The number of anilines is 1. The van der Waals surface area contributed by atoms with Gasteiger partial charge in [0.1, 0.15) is 4.90 Å². The lowest BCUT2D eigenvalue weighted by Crippen LogP contribution is -2.37. The number of hydrogen-bond acceptors (Lipinski definition) is 6. The van der Waals surface area contributed by atoms with Gasteiger partial charge < -0.3 is 5.32 Å². The summed E-state index contributed by atoms with van der Waals surface area (Å²) in [6.45, 7) is -0.598. The van der Waals surface area contributed by atoms with Crippen LogP contribution >= 0.6 is 11.6 Å². The summed E-state index contributed by atoms with van der Waals surface area (Å²) in [4.78, 5) is 26.7. The van der Waals surface area contributed by atoms with Crippen molar-refractivity contribution in [3.63, 3.8) is 0 Å². The van der Waals surface area contributed by atoms with Crippen LogP contribution < -0.4 is 5.32 Å². The second-order valence-electron chi connectivity index (χ2n) is 6.44. The highest BCUT2D eigenvalue weighted by Crippen LogP contribution is 2.20. The molecule has 31 heavy (non-hydrogen) atoms. The summed E-state index contributed by atoms with van der Waals surface area (Å²) in [6, 6.07) is 14.8. The van der Waals surface area contributed by atoms with Gasteiger partial charge in [0.15, 0.2) is 0 Å². The molecule has 0 aliphatic heterocycles. The lowest BCUT2D eigenvalue weighted by molar-refractivity contribution is -0.384. The summed E-state index contributed by atoms with van der Waals surface area (Å²) in [6.07, 6.45) is 2.64. The molecular weight excluding hydrogens is 444 g/mol. The predicted octanol–water partition coefficient (Wildman–Crippen LogP) is 3.47. The van der Waals surface area contributed by atoms with E-state index >= 15 is 0 Å². The van der Waals surface area contributed by atoms with Crippen LogP contribution in [0.5, 0.6) is 0 Å². The number of aromatic nitrogens is 1. The van der Waals surface area contributed by atoms with Gasteiger partial charge in [-0.15, -0.1) is 0 Å². The molecule has 0 radical (unpaired) electrons. The second-order valence-corrected chi connectivity index (χ2v) is 8.82. The van der Waals surface area contributed by atoms with E-state index in [9.17, 15) is 23.3 Å². The Hall–Kier alpha value is -3.34. The Morgan fingerprint density at radius 3 is 2.52 bits per heavy atom. The highest BCUT2D eigenvalue weighted by molar-refractivity contribution is 7.89. The number of carbonyl (C=O) groups excluding carboxylic acids is 1. The number of halogens is 1. The fourth-order valence-electron chi connectivity index (χ4n) is 2.73. The predicted molar refractivity (Wildman–Crippen MR) is 115 cm³/mol. The van der Waals surface area contributed by atoms with Crippen LogP contribution in [0, 0.1) is 10.1 Å². The Morgan fingerprint density at radius 2 is 1.87 bits per heavy atom. The van der Waals surface area contributed by atoms with E-state index in [-0.39, 0.29) is 22.8 Å². The third-order valence-corrected chi connectivity index (χ3v) is 6.23. The monoisotopic (exact) mass is 460 g/mol. The van der Waals surface area contributed by atoms with Gasteiger partial charge in [0.2, 0.25) is 15.9 Å². The topological polar surface area (TPSA) is 123 Å². The Balaban J connectivity index is 1.85. The number of amides is 1. The van der Waals surface area contributed by atoms with Crippen molar-refractivity contribution in [3.05, 3.63) is 93.8 Å². The van der Waals surface area contributed by atoms with Gasteiger partial charge in [0.25, 0.3) is 5.69 Å². The van der Waals surface area contributed by atoms with Crippen LogP contribution in [-0.4, -0.2) is 35.1 Å². The summed E-state index contributed by atoms with van der Waals surface area (Å²) in [7, 11) is -4.05. The molecule has 0 spiro atoms. The first kappa shape index (κ1) is 22.3. The number of sulfonamides is 1. The zero-order chi connectivity index (χ0) is 22.4. The average Bonchev–Trinajstić information content (AvgIpc) is 2.75. The summed E-state index contributed by atoms with van der Waals surface area (Å²) in [5.74, 6) is -0.651. The molecule has 0 aliphatic rings. The maximum Gasteiger partial charge on any atom is 0.271 e. The molecule has 0 saturated heterocycles. The number of rotatable bonds is 8. The minimum absolute atomic E-state index is 0.0629. The van der Waals surface area contributed by atoms with Gasteiger partial charge in [-0.1, -0.05) is 29.8 Å². The van der Waals surface area contributed by atoms with Crippen molar-refractivity contribution in [1.29, 1.82) is 0 Å². The maximum absolute atomic E-state index is 13.1. The molecular formula is C20H17ClN4O5S. The smallest absolute Gasteiger partial charge is 0.271 e. The standard InChI is InChI=1S/C20H17ClN4O5S/c21-16-8-6-15(7-9-16)13-24(31(29,30)19-5-2-10-22-12-19)14-20(26)23-17-3-1-4-18(11-17)25(27)28/h1-12H,13-14H2,(H,23,26). The number of nitro groups is 1. The lowest BCUT2D eigenvalue weighted by atomic mass is 10.2. The van der Waals surface area contributed by atoms with E-state index in [1.165, 1.54) is 48.8 Å². The van der Waals surface area contributed by atoms with Crippen LogP contribution in [0.15, 0.2) is 78.0 Å². The minimum Gasteiger partial charge on any atom is -0.325 e. The van der Waals surface area contributed by atoms with E-state index in [0.717, 1.165) is 4.31 Å². The first-order valence-electron chi connectivity index (χ1n) is 8.94. The van der Waals surface area contributed by atoms with Gasteiger partial charge >= 0.3 is 0 Å². The van der Waals surface area contributed by atoms with E-state index in [0.29, 0.717) is 10.6 Å². The zero-order valence-electron chi connectivity index (χ0n) is 16.0.